The van der Waals surface area contributed by atoms with Crippen LogP contribution in [0, 0.1) is 0 Å². The van der Waals surface area contributed by atoms with Gasteiger partial charge in [-0.15, -0.1) is 0 Å². The highest BCUT2D eigenvalue weighted by atomic mass is 35.5. The summed E-state index contributed by atoms with van der Waals surface area (Å²) in [6, 6.07) is 6.90. The molecule has 1 heterocycles. The molecule has 5 nitrogen and oxygen atoms in total. The van der Waals surface area contributed by atoms with Gasteiger partial charge in [0.25, 0.3) is 0 Å². The van der Waals surface area contributed by atoms with Gasteiger partial charge in [0.2, 0.25) is 10.0 Å². The third-order valence-electron chi connectivity index (χ3n) is 3.37. The molecule has 1 fully saturated rings. The normalized spacial score (nSPS) is 20.1. The lowest BCUT2D eigenvalue weighted by molar-refractivity contribution is -0.136. The fraction of sp³-hybridized carbons (Fsp3) is 0.462. The van der Waals surface area contributed by atoms with E-state index in [1.165, 1.54) is 4.31 Å². The average Bonchev–Trinajstić information content (AvgIpc) is 2.86. The second-order valence-corrected chi connectivity index (χ2v) is 7.26. The first kappa shape index (κ1) is 15.3. The van der Waals surface area contributed by atoms with Gasteiger partial charge >= 0.3 is 5.97 Å². The molecule has 0 amide bonds. The number of halogens is 1. The van der Waals surface area contributed by atoms with Crippen LogP contribution in [-0.2, 0) is 14.8 Å². The minimum atomic E-state index is -3.56. The molecule has 0 saturated carbocycles. The number of hydrogen-bond donors (Lipinski definition) is 1. The maximum atomic E-state index is 12.2. The topological polar surface area (TPSA) is 74.7 Å². The molecule has 1 saturated heterocycles. The second kappa shape index (κ2) is 6.11. The molecule has 0 spiro atoms. The Hall–Kier alpha value is -1.11. The van der Waals surface area contributed by atoms with Crippen molar-refractivity contribution in [2.75, 3.05) is 12.3 Å². The smallest absolute Gasteiger partial charge is 0.304 e. The van der Waals surface area contributed by atoms with Crippen LogP contribution >= 0.6 is 11.6 Å². The summed E-state index contributed by atoms with van der Waals surface area (Å²) in [5.41, 5.74) is 0.855. The summed E-state index contributed by atoms with van der Waals surface area (Å²) in [5.74, 6) is -1.47. The van der Waals surface area contributed by atoms with Crippen LogP contribution in [-0.4, -0.2) is 36.1 Å². The third-order valence-corrected chi connectivity index (χ3v) is 5.48. The summed E-state index contributed by atoms with van der Waals surface area (Å²) in [7, 11) is -3.56. The predicted molar refractivity (Wildman–Crippen MR) is 76.2 cm³/mol. The van der Waals surface area contributed by atoms with Crippen LogP contribution in [0.1, 0.15) is 30.9 Å². The van der Waals surface area contributed by atoms with Gasteiger partial charge in [0.15, 0.2) is 0 Å². The Bertz CT molecular complexity index is 602. The van der Waals surface area contributed by atoms with Crippen LogP contribution in [0.2, 0.25) is 5.02 Å². The number of carboxylic acid groups (broad SMARTS) is 1. The van der Waals surface area contributed by atoms with Gasteiger partial charge in [-0.3, -0.25) is 4.79 Å². The van der Waals surface area contributed by atoms with E-state index < -0.39 is 16.0 Å². The highest BCUT2D eigenvalue weighted by Crippen LogP contribution is 2.35. The van der Waals surface area contributed by atoms with Crippen LogP contribution in [0.5, 0.6) is 0 Å². The minimum absolute atomic E-state index is 0.243. The molecule has 0 aliphatic carbocycles. The Morgan fingerprint density at radius 1 is 1.45 bits per heavy atom. The maximum absolute atomic E-state index is 12.2. The van der Waals surface area contributed by atoms with E-state index in [1.54, 1.807) is 18.2 Å². The van der Waals surface area contributed by atoms with E-state index in [4.69, 9.17) is 16.7 Å². The zero-order valence-corrected chi connectivity index (χ0v) is 12.4. The molecule has 1 aliphatic rings. The van der Waals surface area contributed by atoms with E-state index in [9.17, 15) is 13.2 Å². The van der Waals surface area contributed by atoms with E-state index in [1.807, 2.05) is 6.07 Å². The van der Waals surface area contributed by atoms with Gasteiger partial charge in [-0.2, -0.15) is 4.31 Å². The zero-order chi connectivity index (χ0) is 14.8. The first-order valence-corrected chi connectivity index (χ1v) is 8.35. The van der Waals surface area contributed by atoms with E-state index in [0.29, 0.717) is 11.6 Å². The van der Waals surface area contributed by atoms with E-state index in [0.717, 1.165) is 18.4 Å². The first-order chi connectivity index (χ1) is 9.40. The monoisotopic (exact) mass is 317 g/mol. The lowest BCUT2D eigenvalue weighted by atomic mass is 10.1. The third kappa shape index (κ3) is 3.50. The first-order valence-electron chi connectivity index (χ1n) is 6.37. The minimum Gasteiger partial charge on any atom is -0.481 e. The maximum Gasteiger partial charge on any atom is 0.304 e. The number of hydrogen-bond acceptors (Lipinski definition) is 3. The number of rotatable bonds is 5. The van der Waals surface area contributed by atoms with Crippen LogP contribution in [0.15, 0.2) is 24.3 Å². The van der Waals surface area contributed by atoms with E-state index in [-0.39, 0.29) is 18.2 Å². The Morgan fingerprint density at radius 2 is 2.20 bits per heavy atom. The number of carboxylic acids is 1. The molecule has 1 aromatic rings. The largest absolute Gasteiger partial charge is 0.481 e. The molecule has 110 valence electrons. The molecule has 0 aromatic heterocycles. The molecule has 20 heavy (non-hydrogen) atoms. The molecule has 0 bridgehead atoms. The quantitative estimate of drug-likeness (QED) is 0.904. The Balaban J connectivity index is 2.21. The fourth-order valence-electron chi connectivity index (χ4n) is 2.45. The van der Waals surface area contributed by atoms with Crippen LogP contribution in [0.3, 0.4) is 0 Å². The van der Waals surface area contributed by atoms with Gasteiger partial charge in [0.1, 0.15) is 0 Å². The fourth-order valence-corrected chi connectivity index (χ4v) is 4.34. The summed E-state index contributed by atoms with van der Waals surface area (Å²) in [6.07, 6.45) is 1.12. The van der Waals surface area contributed by atoms with Crippen molar-refractivity contribution in [1.82, 2.24) is 4.31 Å². The van der Waals surface area contributed by atoms with Crippen LogP contribution in [0.4, 0.5) is 0 Å². The van der Waals surface area contributed by atoms with Gasteiger partial charge in [-0.05, 0) is 30.5 Å². The number of sulfonamides is 1. The van der Waals surface area contributed by atoms with Gasteiger partial charge < -0.3 is 5.11 Å². The Kier molecular flexibility index (Phi) is 4.67. The number of carbonyl (C=O) groups is 1. The lowest BCUT2D eigenvalue weighted by Gasteiger charge is -2.24. The molecule has 1 N–H and O–H groups in total. The molecule has 1 atom stereocenters. The number of nitrogens with zero attached hydrogens (tertiary/aromatic N) is 1. The van der Waals surface area contributed by atoms with Gasteiger partial charge in [-0.1, -0.05) is 23.7 Å². The van der Waals surface area contributed by atoms with Crippen molar-refractivity contribution in [3.63, 3.8) is 0 Å². The Morgan fingerprint density at radius 3 is 2.85 bits per heavy atom. The summed E-state index contributed by atoms with van der Waals surface area (Å²) < 4.78 is 25.9. The van der Waals surface area contributed by atoms with Crippen molar-refractivity contribution in [3.05, 3.63) is 34.9 Å². The summed E-state index contributed by atoms with van der Waals surface area (Å²) >= 11 is 5.94. The molecule has 1 aliphatic heterocycles. The van der Waals surface area contributed by atoms with Crippen molar-refractivity contribution in [1.29, 1.82) is 0 Å². The van der Waals surface area contributed by atoms with Crippen LogP contribution in [0.25, 0.3) is 0 Å². The summed E-state index contributed by atoms with van der Waals surface area (Å²) in [6.45, 7) is 0.430. The highest BCUT2D eigenvalue weighted by molar-refractivity contribution is 7.89. The average molecular weight is 318 g/mol. The van der Waals surface area contributed by atoms with E-state index >= 15 is 0 Å². The number of benzene rings is 1. The predicted octanol–water partition coefficient (Wildman–Crippen LogP) is 2.28. The second-order valence-electron chi connectivity index (χ2n) is 4.78. The lowest BCUT2D eigenvalue weighted by Crippen LogP contribution is -2.33. The molecule has 1 unspecified atom stereocenters. The highest BCUT2D eigenvalue weighted by Gasteiger charge is 2.35. The van der Waals surface area contributed by atoms with Crippen molar-refractivity contribution in [2.24, 2.45) is 0 Å². The van der Waals surface area contributed by atoms with Crippen LogP contribution < -0.4 is 0 Å². The summed E-state index contributed by atoms with van der Waals surface area (Å²) in [5, 5.41) is 9.21. The molecular formula is C13H16ClNO4S. The number of aliphatic carboxylic acids is 1. The van der Waals surface area contributed by atoms with Crippen molar-refractivity contribution in [2.45, 2.75) is 25.3 Å². The van der Waals surface area contributed by atoms with Gasteiger partial charge in [0.05, 0.1) is 12.2 Å². The Labute approximate surface area is 123 Å². The van der Waals surface area contributed by atoms with E-state index in [2.05, 4.69) is 0 Å². The summed E-state index contributed by atoms with van der Waals surface area (Å²) in [4.78, 5) is 10.6. The van der Waals surface area contributed by atoms with Crippen molar-refractivity contribution < 1.29 is 18.3 Å². The van der Waals surface area contributed by atoms with Gasteiger partial charge in [0, 0.05) is 17.6 Å². The standard InChI is InChI=1S/C13H16ClNO4S/c14-11-4-1-3-10(9-11)12-5-2-7-15(12)20(18,19)8-6-13(16)17/h1,3-4,9,12H,2,5-8H2,(H,16,17). The zero-order valence-electron chi connectivity index (χ0n) is 10.8. The SMILES string of the molecule is O=C(O)CCS(=O)(=O)N1CCCC1c1cccc(Cl)c1. The molecule has 1 aromatic carbocycles. The molecule has 0 radical (unpaired) electrons. The van der Waals surface area contributed by atoms with Gasteiger partial charge in [-0.25, -0.2) is 8.42 Å². The van der Waals surface area contributed by atoms with Crippen molar-refractivity contribution >= 4 is 27.6 Å². The molecular weight excluding hydrogens is 302 g/mol. The molecule has 2 rings (SSSR count). The van der Waals surface area contributed by atoms with Crippen molar-refractivity contribution in [3.8, 4) is 0 Å². The molecule has 7 heteroatoms.